The van der Waals surface area contributed by atoms with Crippen LogP contribution in [0.1, 0.15) is 20.3 Å². The van der Waals surface area contributed by atoms with Crippen molar-refractivity contribution in [2.45, 2.75) is 31.3 Å². The summed E-state index contributed by atoms with van der Waals surface area (Å²) >= 11 is 0. The van der Waals surface area contributed by atoms with Crippen molar-refractivity contribution in [1.82, 2.24) is 15.1 Å². The van der Waals surface area contributed by atoms with Gasteiger partial charge in [-0.05, 0) is 13.8 Å². The van der Waals surface area contributed by atoms with Gasteiger partial charge in [0.25, 0.3) is 0 Å². The lowest BCUT2D eigenvalue weighted by Crippen LogP contribution is -2.68. The van der Waals surface area contributed by atoms with Crippen LogP contribution in [0.4, 0.5) is 4.79 Å². The summed E-state index contributed by atoms with van der Waals surface area (Å²) in [5.41, 5.74) is -2.41. The van der Waals surface area contributed by atoms with Crippen LogP contribution in [0.3, 0.4) is 0 Å². The van der Waals surface area contributed by atoms with Crippen LogP contribution in [-0.2, 0) is 14.3 Å². The van der Waals surface area contributed by atoms with Crippen molar-refractivity contribution in [2.75, 3.05) is 33.4 Å². The molecule has 0 saturated carbocycles. The maximum absolute atomic E-state index is 12.5. The molecule has 2 fully saturated rings. The second-order valence-corrected chi connectivity index (χ2v) is 6.06. The Morgan fingerprint density at radius 1 is 1.33 bits per heavy atom. The first kappa shape index (κ1) is 15.6. The molecule has 21 heavy (non-hydrogen) atoms. The van der Waals surface area contributed by atoms with Crippen LogP contribution in [0.5, 0.6) is 0 Å². The van der Waals surface area contributed by atoms with Gasteiger partial charge in [0, 0.05) is 33.2 Å². The molecule has 0 bridgehead atoms. The SMILES string of the molecule is CN1CCN(C(=O)NC2(C(=O)O)CCOC2)C(C)(C)C1=O. The number of carbonyl (C=O) groups is 3. The Morgan fingerprint density at radius 3 is 2.52 bits per heavy atom. The van der Waals surface area contributed by atoms with Gasteiger partial charge in [0.1, 0.15) is 5.54 Å². The summed E-state index contributed by atoms with van der Waals surface area (Å²) in [6.45, 7) is 4.32. The largest absolute Gasteiger partial charge is 0.479 e. The molecular weight excluding hydrogens is 278 g/mol. The standard InChI is InChI=1S/C13H21N3O5/c1-12(2)9(17)15(3)5-6-16(12)11(20)14-13(10(18)19)4-7-21-8-13/h4-8H2,1-3H3,(H,14,20)(H,18,19). The van der Waals surface area contributed by atoms with Crippen molar-refractivity contribution >= 4 is 17.9 Å². The molecule has 8 heteroatoms. The van der Waals surface area contributed by atoms with E-state index >= 15 is 0 Å². The Labute approximate surface area is 123 Å². The van der Waals surface area contributed by atoms with Crippen LogP contribution in [0.2, 0.25) is 0 Å². The number of nitrogens with zero attached hydrogens (tertiary/aromatic N) is 2. The number of carbonyl (C=O) groups excluding carboxylic acids is 2. The smallest absolute Gasteiger partial charge is 0.332 e. The number of nitrogens with one attached hydrogen (secondary N) is 1. The molecule has 2 rings (SSSR count). The lowest BCUT2D eigenvalue weighted by molar-refractivity contribution is -0.145. The highest BCUT2D eigenvalue weighted by Crippen LogP contribution is 2.24. The van der Waals surface area contributed by atoms with E-state index in [0.717, 1.165) is 0 Å². The van der Waals surface area contributed by atoms with Gasteiger partial charge >= 0.3 is 12.0 Å². The number of urea groups is 1. The molecule has 0 radical (unpaired) electrons. The fourth-order valence-electron chi connectivity index (χ4n) is 2.73. The van der Waals surface area contributed by atoms with Crippen molar-refractivity contribution in [3.05, 3.63) is 0 Å². The first-order chi connectivity index (χ1) is 9.70. The fraction of sp³-hybridized carbons (Fsp3) is 0.769. The minimum absolute atomic E-state index is 0.0593. The van der Waals surface area contributed by atoms with Crippen LogP contribution >= 0.6 is 0 Å². The molecular formula is C13H21N3O5. The van der Waals surface area contributed by atoms with Crippen molar-refractivity contribution < 1.29 is 24.2 Å². The number of ether oxygens (including phenoxy) is 1. The third kappa shape index (κ3) is 2.55. The number of carboxylic acids is 1. The maximum atomic E-state index is 12.5. The van der Waals surface area contributed by atoms with E-state index in [1.54, 1.807) is 25.8 Å². The van der Waals surface area contributed by atoms with Crippen LogP contribution in [0.15, 0.2) is 0 Å². The summed E-state index contributed by atoms with van der Waals surface area (Å²) in [6, 6.07) is -0.547. The molecule has 0 aromatic rings. The van der Waals surface area contributed by atoms with Gasteiger partial charge in [0.15, 0.2) is 5.54 Å². The van der Waals surface area contributed by atoms with Gasteiger partial charge in [0.05, 0.1) is 6.61 Å². The third-order valence-corrected chi connectivity index (χ3v) is 4.23. The zero-order valence-corrected chi connectivity index (χ0v) is 12.5. The van der Waals surface area contributed by atoms with Gasteiger partial charge in [-0.1, -0.05) is 0 Å². The van der Waals surface area contributed by atoms with Crippen molar-refractivity contribution in [2.24, 2.45) is 0 Å². The molecule has 2 heterocycles. The average Bonchev–Trinajstić information content (AvgIpc) is 2.85. The van der Waals surface area contributed by atoms with Gasteiger partial charge < -0.3 is 25.0 Å². The van der Waals surface area contributed by atoms with E-state index in [9.17, 15) is 19.5 Å². The predicted octanol–water partition coefficient (Wildman–Crippen LogP) is -0.508. The van der Waals surface area contributed by atoms with Crippen LogP contribution in [0, 0.1) is 0 Å². The molecule has 118 valence electrons. The molecule has 0 aromatic carbocycles. The van der Waals surface area contributed by atoms with Gasteiger partial charge in [-0.15, -0.1) is 0 Å². The van der Waals surface area contributed by atoms with E-state index in [2.05, 4.69) is 5.32 Å². The Bertz CT molecular complexity index is 470. The number of aliphatic carboxylic acids is 1. The van der Waals surface area contributed by atoms with Crippen molar-refractivity contribution in [1.29, 1.82) is 0 Å². The second-order valence-electron chi connectivity index (χ2n) is 6.06. The number of rotatable bonds is 2. The van der Waals surface area contributed by atoms with Crippen LogP contribution in [0.25, 0.3) is 0 Å². The monoisotopic (exact) mass is 299 g/mol. The summed E-state index contributed by atoms with van der Waals surface area (Å²) in [5.74, 6) is -1.29. The van der Waals surface area contributed by atoms with E-state index in [1.807, 2.05) is 0 Å². The molecule has 2 aliphatic rings. The van der Waals surface area contributed by atoms with Crippen LogP contribution < -0.4 is 5.32 Å². The summed E-state index contributed by atoms with van der Waals surface area (Å²) in [4.78, 5) is 39.0. The molecule has 3 amide bonds. The van der Waals surface area contributed by atoms with E-state index in [4.69, 9.17) is 4.74 Å². The first-order valence-corrected chi connectivity index (χ1v) is 6.87. The van der Waals surface area contributed by atoms with Gasteiger partial charge in [-0.25, -0.2) is 9.59 Å². The number of hydrogen-bond donors (Lipinski definition) is 2. The van der Waals surface area contributed by atoms with Crippen LogP contribution in [-0.4, -0.2) is 77.2 Å². The maximum Gasteiger partial charge on any atom is 0.332 e. The van der Waals surface area contributed by atoms with E-state index in [-0.39, 0.29) is 25.5 Å². The third-order valence-electron chi connectivity index (χ3n) is 4.23. The molecule has 8 nitrogen and oxygen atoms in total. The topological polar surface area (TPSA) is 99.2 Å². The highest BCUT2D eigenvalue weighted by Gasteiger charge is 2.48. The zero-order chi connectivity index (χ0) is 15.8. The summed E-state index contributed by atoms with van der Waals surface area (Å²) in [6.07, 6.45) is 0.218. The first-order valence-electron chi connectivity index (χ1n) is 6.87. The Balaban J connectivity index is 2.16. The Morgan fingerprint density at radius 2 is 2.00 bits per heavy atom. The Kier molecular flexibility index (Phi) is 3.83. The van der Waals surface area contributed by atoms with E-state index < -0.39 is 23.1 Å². The van der Waals surface area contributed by atoms with E-state index in [1.165, 1.54) is 4.90 Å². The minimum Gasteiger partial charge on any atom is -0.479 e. The lowest BCUT2D eigenvalue weighted by atomic mass is 9.96. The number of piperazine rings is 1. The quantitative estimate of drug-likeness (QED) is 0.715. The number of carboxylic acid groups (broad SMARTS) is 1. The molecule has 2 aliphatic heterocycles. The highest BCUT2D eigenvalue weighted by molar-refractivity contribution is 5.93. The normalized spacial score (nSPS) is 28.6. The molecule has 1 atom stereocenters. The van der Waals surface area contributed by atoms with Crippen molar-refractivity contribution in [3.63, 3.8) is 0 Å². The Hall–Kier alpha value is -1.83. The minimum atomic E-state index is -1.40. The summed E-state index contributed by atoms with van der Waals surface area (Å²) in [7, 11) is 1.68. The average molecular weight is 299 g/mol. The van der Waals surface area contributed by atoms with E-state index in [0.29, 0.717) is 13.1 Å². The summed E-state index contributed by atoms with van der Waals surface area (Å²) < 4.78 is 5.11. The molecule has 0 aromatic heterocycles. The molecule has 0 aliphatic carbocycles. The van der Waals surface area contributed by atoms with Gasteiger partial charge in [-0.2, -0.15) is 0 Å². The number of likely N-dealkylation sites (N-methyl/N-ethyl adjacent to an activating group) is 1. The highest BCUT2D eigenvalue weighted by atomic mass is 16.5. The van der Waals surface area contributed by atoms with Gasteiger partial charge in [0.2, 0.25) is 5.91 Å². The van der Waals surface area contributed by atoms with Gasteiger partial charge in [-0.3, -0.25) is 4.79 Å². The molecule has 2 saturated heterocycles. The zero-order valence-electron chi connectivity index (χ0n) is 12.5. The number of hydrogen-bond acceptors (Lipinski definition) is 4. The van der Waals surface area contributed by atoms with Crippen molar-refractivity contribution in [3.8, 4) is 0 Å². The molecule has 2 N–H and O–H groups in total. The lowest BCUT2D eigenvalue weighted by Gasteiger charge is -2.45. The number of amides is 3. The second kappa shape index (κ2) is 5.18. The molecule has 1 unspecified atom stereocenters. The predicted molar refractivity (Wildman–Crippen MR) is 72.8 cm³/mol. The fourth-order valence-corrected chi connectivity index (χ4v) is 2.73. The summed E-state index contributed by atoms with van der Waals surface area (Å²) in [5, 5.41) is 11.9. The molecule has 0 spiro atoms.